The Labute approximate surface area is 107 Å². The molecule has 17 heavy (non-hydrogen) atoms. The maximum atomic E-state index is 5.23. The number of nitrogens with zero attached hydrogens (tertiary/aromatic N) is 2. The summed E-state index contributed by atoms with van der Waals surface area (Å²) in [4.78, 5) is 0. The third-order valence-electron chi connectivity index (χ3n) is 2.74. The highest BCUT2D eigenvalue weighted by molar-refractivity contribution is 9.10. The van der Waals surface area contributed by atoms with Crippen LogP contribution in [0.5, 0.6) is 0 Å². The summed E-state index contributed by atoms with van der Waals surface area (Å²) in [6.45, 7) is 2.64. The molecule has 2 heterocycles. The largest absolute Gasteiger partial charge is 0.359 e. The maximum absolute atomic E-state index is 5.23. The lowest BCUT2D eigenvalue weighted by Crippen LogP contribution is -1.95. The number of rotatable bonds is 2. The van der Waals surface area contributed by atoms with Gasteiger partial charge in [0.2, 0.25) is 0 Å². The minimum atomic E-state index is 0.714. The topological polar surface area (TPSA) is 31.0 Å². The van der Waals surface area contributed by atoms with E-state index in [-0.39, 0.29) is 0 Å². The monoisotopic (exact) mass is 290 g/mol. The summed E-state index contributed by atoms with van der Waals surface area (Å²) in [5.74, 6) is 0.878. The Kier molecular flexibility index (Phi) is 2.52. The second kappa shape index (κ2) is 4.04. The van der Waals surface area contributed by atoms with Crippen molar-refractivity contribution in [2.45, 2.75) is 13.5 Å². The van der Waals surface area contributed by atoms with Crippen molar-refractivity contribution < 1.29 is 4.52 Å². The van der Waals surface area contributed by atoms with Crippen molar-refractivity contribution in [3.8, 4) is 0 Å². The van der Waals surface area contributed by atoms with Crippen molar-refractivity contribution in [1.29, 1.82) is 0 Å². The number of halogens is 1. The molecule has 0 aliphatic heterocycles. The molecule has 0 N–H and O–H groups in total. The number of hydrogen-bond donors (Lipinski definition) is 0. The lowest BCUT2D eigenvalue weighted by atomic mass is 10.2. The summed E-state index contributed by atoms with van der Waals surface area (Å²) in [5, 5.41) is 5.11. The molecule has 0 bridgehead atoms. The third kappa shape index (κ3) is 2.00. The van der Waals surface area contributed by atoms with Gasteiger partial charge in [-0.05, 0) is 31.2 Å². The first kappa shape index (κ1) is 10.6. The maximum Gasteiger partial charge on any atom is 0.156 e. The second-order valence-electron chi connectivity index (χ2n) is 4.08. The fourth-order valence-electron chi connectivity index (χ4n) is 1.97. The highest BCUT2D eigenvalue weighted by Crippen LogP contribution is 2.21. The molecule has 4 heteroatoms. The van der Waals surface area contributed by atoms with Crippen LogP contribution in [0.15, 0.2) is 45.5 Å². The van der Waals surface area contributed by atoms with Crippen LogP contribution >= 0.6 is 15.9 Å². The zero-order valence-electron chi connectivity index (χ0n) is 9.35. The van der Waals surface area contributed by atoms with Gasteiger partial charge in [-0.15, -0.1) is 0 Å². The molecule has 2 aromatic heterocycles. The Morgan fingerprint density at radius 2 is 2.18 bits per heavy atom. The molecule has 0 atom stereocenters. The molecule has 0 amide bonds. The van der Waals surface area contributed by atoms with Gasteiger partial charge < -0.3 is 9.09 Å². The Bertz CT molecular complexity index is 669. The van der Waals surface area contributed by atoms with Gasteiger partial charge in [0.05, 0.1) is 12.2 Å². The van der Waals surface area contributed by atoms with Gasteiger partial charge in [0.15, 0.2) is 5.76 Å². The van der Waals surface area contributed by atoms with Crippen LogP contribution in [-0.4, -0.2) is 9.72 Å². The van der Waals surface area contributed by atoms with Crippen LogP contribution < -0.4 is 0 Å². The molecule has 3 aromatic rings. The normalized spacial score (nSPS) is 11.2. The molecule has 3 rings (SSSR count). The fraction of sp³-hybridized carbons (Fsp3) is 0.154. The van der Waals surface area contributed by atoms with Gasteiger partial charge in [0.1, 0.15) is 0 Å². The van der Waals surface area contributed by atoms with Gasteiger partial charge in [-0.25, -0.2) is 0 Å². The highest BCUT2D eigenvalue weighted by atomic mass is 79.9. The van der Waals surface area contributed by atoms with Crippen molar-refractivity contribution in [2.24, 2.45) is 0 Å². The van der Waals surface area contributed by atoms with Gasteiger partial charge >= 0.3 is 0 Å². The van der Waals surface area contributed by atoms with E-state index in [0.717, 1.165) is 15.9 Å². The Balaban J connectivity index is 2.00. The average Bonchev–Trinajstić information content (AvgIpc) is 2.86. The number of hydrogen-bond acceptors (Lipinski definition) is 2. The number of benzene rings is 1. The zero-order valence-corrected chi connectivity index (χ0v) is 10.9. The van der Waals surface area contributed by atoms with Gasteiger partial charge in [0.25, 0.3) is 0 Å². The van der Waals surface area contributed by atoms with Crippen LogP contribution in [-0.2, 0) is 6.54 Å². The first-order chi connectivity index (χ1) is 8.22. The smallest absolute Gasteiger partial charge is 0.156 e. The molecule has 0 aliphatic carbocycles. The average molecular weight is 291 g/mol. The predicted molar refractivity (Wildman–Crippen MR) is 70.0 cm³/mol. The third-order valence-corrected chi connectivity index (χ3v) is 3.23. The van der Waals surface area contributed by atoms with E-state index in [4.69, 9.17) is 4.52 Å². The molecule has 86 valence electrons. The lowest BCUT2D eigenvalue weighted by molar-refractivity contribution is 0.374. The van der Waals surface area contributed by atoms with Crippen molar-refractivity contribution >= 4 is 26.8 Å². The highest BCUT2D eigenvalue weighted by Gasteiger charge is 2.05. The minimum absolute atomic E-state index is 0.714. The van der Waals surface area contributed by atoms with Gasteiger partial charge in [-0.1, -0.05) is 21.1 Å². The standard InChI is InChI=1S/C13H11BrN2O/c1-9-6-12(17-15-9)8-16-5-4-10-7-11(14)2-3-13(10)16/h2-7H,8H2,1H3. The van der Waals surface area contributed by atoms with Crippen LogP contribution in [0, 0.1) is 6.92 Å². The van der Waals surface area contributed by atoms with Gasteiger partial charge in [0, 0.05) is 27.6 Å². The van der Waals surface area contributed by atoms with Crippen molar-refractivity contribution in [3.05, 3.63) is 52.5 Å². The number of aromatic nitrogens is 2. The quantitative estimate of drug-likeness (QED) is 0.720. The minimum Gasteiger partial charge on any atom is -0.359 e. The van der Waals surface area contributed by atoms with E-state index < -0.39 is 0 Å². The summed E-state index contributed by atoms with van der Waals surface area (Å²) >= 11 is 3.47. The second-order valence-corrected chi connectivity index (χ2v) is 5.00. The van der Waals surface area contributed by atoms with E-state index in [1.165, 1.54) is 10.9 Å². The lowest BCUT2D eigenvalue weighted by Gasteiger charge is -2.02. The van der Waals surface area contributed by atoms with E-state index in [0.29, 0.717) is 6.54 Å². The van der Waals surface area contributed by atoms with Crippen LogP contribution in [0.2, 0.25) is 0 Å². The van der Waals surface area contributed by atoms with E-state index in [1.54, 1.807) is 0 Å². The summed E-state index contributed by atoms with van der Waals surface area (Å²) < 4.78 is 8.48. The van der Waals surface area contributed by atoms with Gasteiger partial charge in [-0.2, -0.15) is 0 Å². The molecule has 0 fully saturated rings. The van der Waals surface area contributed by atoms with E-state index >= 15 is 0 Å². The molecule has 0 aliphatic rings. The Hall–Kier alpha value is -1.55. The molecular formula is C13H11BrN2O. The first-order valence-corrected chi connectivity index (χ1v) is 6.18. The molecule has 1 aromatic carbocycles. The van der Waals surface area contributed by atoms with Crippen LogP contribution in [0.1, 0.15) is 11.5 Å². The van der Waals surface area contributed by atoms with E-state index in [9.17, 15) is 0 Å². The summed E-state index contributed by atoms with van der Waals surface area (Å²) in [7, 11) is 0. The fourth-order valence-corrected chi connectivity index (χ4v) is 2.35. The van der Waals surface area contributed by atoms with E-state index in [1.807, 2.05) is 19.1 Å². The van der Waals surface area contributed by atoms with Gasteiger partial charge in [-0.3, -0.25) is 0 Å². The summed E-state index contributed by atoms with van der Waals surface area (Å²) in [6, 6.07) is 10.3. The Morgan fingerprint density at radius 3 is 2.94 bits per heavy atom. The molecule has 0 spiro atoms. The molecular weight excluding hydrogens is 280 g/mol. The molecule has 0 unspecified atom stereocenters. The molecule has 0 saturated carbocycles. The van der Waals surface area contributed by atoms with Crippen molar-refractivity contribution in [2.75, 3.05) is 0 Å². The van der Waals surface area contributed by atoms with Crippen LogP contribution in [0.3, 0.4) is 0 Å². The predicted octanol–water partition coefficient (Wildman–Crippen LogP) is 3.75. The molecule has 0 radical (unpaired) electrons. The first-order valence-electron chi connectivity index (χ1n) is 5.39. The SMILES string of the molecule is Cc1cc(Cn2ccc3cc(Br)ccc32)on1. The van der Waals surface area contributed by atoms with E-state index in [2.05, 4.69) is 50.0 Å². The number of aryl methyl sites for hydroxylation is 1. The van der Waals surface area contributed by atoms with Crippen molar-refractivity contribution in [1.82, 2.24) is 9.72 Å². The zero-order chi connectivity index (χ0) is 11.8. The molecule has 0 saturated heterocycles. The summed E-state index contributed by atoms with van der Waals surface area (Å²) in [5.41, 5.74) is 2.11. The van der Waals surface area contributed by atoms with Crippen LogP contribution in [0.25, 0.3) is 10.9 Å². The summed E-state index contributed by atoms with van der Waals surface area (Å²) in [6.07, 6.45) is 2.06. The Morgan fingerprint density at radius 1 is 1.29 bits per heavy atom. The van der Waals surface area contributed by atoms with Crippen molar-refractivity contribution in [3.63, 3.8) is 0 Å². The molecule has 3 nitrogen and oxygen atoms in total. The number of fused-ring (bicyclic) bond motifs is 1. The van der Waals surface area contributed by atoms with Crippen LogP contribution in [0.4, 0.5) is 0 Å².